The molecule has 1 saturated heterocycles. The van der Waals surface area contributed by atoms with Crippen LogP contribution in [0.3, 0.4) is 0 Å². The second-order valence-electron chi connectivity index (χ2n) is 4.55. The highest BCUT2D eigenvalue weighted by molar-refractivity contribution is 5.96. The zero-order valence-electron chi connectivity index (χ0n) is 11.4. The topological polar surface area (TPSA) is 58.6 Å². The lowest BCUT2D eigenvalue weighted by Gasteiger charge is -2.30. The molecule has 1 aliphatic heterocycles. The minimum Gasteiger partial charge on any atom is -0.344 e. The molecule has 1 aromatic carbocycles. The van der Waals surface area contributed by atoms with E-state index in [1.54, 1.807) is 0 Å². The van der Waals surface area contributed by atoms with Gasteiger partial charge in [-0.2, -0.15) is 0 Å². The molecule has 1 aliphatic rings. The van der Waals surface area contributed by atoms with Crippen molar-refractivity contribution in [3.8, 4) is 0 Å². The number of rotatable bonds is 6. The molecule has 2 amide bonds. The lowest BCUT2D eigenvalue weighted by molar-refractivity contribution is -0.192. The van der Waals surface area contributed by atoms with Gasteiger partial charge in [0.15, 0.2) is 0 Å². The Bertz CT molecular complexity index is 491. The number of nitrogens with zero attached hydrogens (tertiary/aromatic N) is 1. The van der Waals surface area contributed by atoms with Gasteiger partial charge in [-0.1, -0.05) is 42.5 Å². The summed E-state index contributed by atoms with van der Waals surface area (Å²) in [6.07, 6.45) is 3.93. The maximum absolute atomic E-state index is 12.2. The second kappa shape index (κ2) is 6.86. The van der Waals surface area contributed by atoms with Gasteiger partial charge in [0.05, 0.1) is 13.0 Å². The third kappa shape index (κ3) is 3.68. The molecule has 1 atom stereocenters. The Hall–Kier alpha value is -2.14. The highest BCUT2D eigenvalue weighted by Crippen LogP contribution is 2.11. The van der Waals surface area contributed by atoms with Crippen molar-refractivity contribution >= 4 is 11.8 Å². The molecule has 1 N–H and O–H groups in total. The molecule has 0 bridgehead atoms. The molecular weight excluding hydrogens is 256 g/mol. The fourth-order valence-corrected chi connectivity index (χ4v) is 1.82. The van der Waals surface area contributed by atoms with Gasteiger partial charge < -0.3 is 5.32 Å². The van der Waals surface area contributed by atoms with E-state index in [4.69, 9.17) is 4.84 Å². The number of benzene rings is 1. The fraction of sp³-hybridized carbons (Fsp3) is 0.333. The predicted octanol–water partition coefficient (Wildman–Crippen LogP) is 1.41. The van der Waals surface area contributed by atoms with E-state index < -0.39 is 6.04 Å². The largest absolute Gasteiger partial charge is 0.344 e. The summed E-state index contributed by atoms with van der Waals surface area (Å²) >= 11 is 0. The minimum absolute atomic E-state index is 0.0996. The normalized spacial score (nSPS) is 17.6. The SMILES string of the molecule is C/C=C/CN(OCc1ccccc1)C(=O)[C@@H]1CC(=O)N1. The third-order valence-electron chi connectivity index (χ3n) is 3.01. The summed E-state index contributed by atoms with van der Waals surface area (Å²) in [6, 6.07) is 9.18. The van der Waals surface area contributed by atoms with E-state index in [-0.39, 0.29) is 18.2 Å². The van der Waals surface area contributed by atoms with Crippen molar-refractivity contribution in [3.05, 3.63) is 48.0 Å². The summed E-state index contributed by atoms with van der Waals surface area (Å²) in [7, 11) is 0. The number of allylic oxidation sites excluding steroid dienone is 1. The molecule has 0 unspecified atom stereocenters. The zero-order valence-corrected chi connectivity index (χ0v) is 11.4. The van der Waals surface area contributed by atoms with E-state index in [1.165, 1.54) is 5.06 Å². The lowest BCUT2D eigenvalue weighted by atomic mass is 10.1. The maximum atomic E-state index is 12.2. The van der Waals surface area contributed by atoms with Gasteiger partial charge in [-0.25, -0.2) is 5.06 Å². The first-order valence-electron chi connectivity index (χ1n) is 6.59. The molecule has 2 rings (SSSR count). The van der Waals surface area contributed by atoms with Crippen LogP contribution in [0.1, 0.15) is 18.9 Å². The van der Waals surface area contributed by atoms with Crippen molar-refractivity contribution in [2.45, 2.75) is 26.0 Å². The molecule has 20 heavy (non-hydrogen) atoms. The number of hydrogen-bond acceptors (Lipinski definition) is 3. The molecule has 1 fully saturated rings. The van der Waals surface area contributed by atoms with Crippen LogP contribution in [0.15, 0.2) is 42.5 Å². The Morgan fingerprint density at radius 1 is 1.45 bits per heavy atom. The molecule has 0 aromatic heterocycles. The number of amides is 2. The van der Waals surface area contributed by atoms with Crippen LogP contribution in [0, 0.1) is 0 Å². The van der Waals surface area contributed by atoms with Crippen molar-refractivity contribution < 1.29 is 14.4 Å². The van der Waals surface area contributed by atoms with Gasteiger partial charge in [0, 0.05) is 0 Å². The Kier molecular flexibility index (Phi) is 4.90. The fourth-order valence-electron chi connectivity index (χ4n) is 1.82. The quantitative estimate of drug-likeness (QED) is 0.485. The number of hydrogen-bond donors (Lipinski definition) is 1. The van der Waals surface area contributed by atoms with Gasteiger partial charge in [-0.05, 0) is 12.5 Å². The summed E-state index contributed by atoms with van der Waals surface area (Å²) in [6.45, 7) is 2.57. The van der Waals surface area contributed by atoms with Crippen LogP contribution >= 0.6 is 0 Å². The summed E-state index contributed by atoms with van der Waals surface area (Å²) in [5.41, 5.74) is 0.989. The summed E-state index contributed by atoms with van der Waals surface area (Å²) in [4.78, 5) is 28.6. The molecule has 0 aliphatic carbocycles. The minimum atomic E-state index is -0.455. The van der Waals surface area contributed by atoms with E-state index in [0.29, 0.717) is 13.2 Å². The van der Waals surface area contributed by atoms with Crippen molar-refractivity contribution in [2.24, 2.45) is 0 Å². The van der Waals surface area contributed by atoms with E-state index in [9.17, 15) is 9.59 Å². The first-order valence-corrected chi connectivity index (χ1v) is 6.59. The monoisotopic (exact) mass is 274 g/mol. The van der Waals surface area contributed by atoms with Crippen LogP contribution < -0.4 is 5.32 Å². The van der Waals surface area contributed by atoms with E-state index in [0.717, 1.165) is 5.56 Å². The van der Waals surface area contributed by atoms with Crippen LogP contribution in [-0.4, -0.2) is 29.5 Å². The molecule has 0 saturated carbocycles. The molecule has 5 heteroatoms. The number of carbonyl (C=O) groups excluding carboxylic acids is 2. The van der Waals surface area contributed by atoms with Crippen LogP contribution in [0.25, 0.3) is 0 Å². The Labute approximate surface area is 118 Å². The van der Waals surface area contributed by atoms with Gasteiger partial charge in [-0.3, -0.25) is 14.4 Å². The first kappa shape index (κ1) is 14.3. The summed E-state index contributed by atoms with van der Waals surface area (Å²) < 4.78 is 0. The summed E-state index contributed by atoms with van der Waals surface area (Å²) in [5.74, 6) is -0.309. The molecule has 5 nitrogen and oxygen atoms in total. The number of nitrogens with one attached hydrogen (secondary N) is 1. The molecule has 106 valence electrons. The van der Waals surface area contributed by atoms with Crippen molar-refractivity contribution in [1.82, 2.24) is 10.4 Å². The average Bonchev–Trinajstić information content (AvgIpc) is 2.44. The smallest absolute Gasteiger partial charge is 0.269 e. The Morgan fingerprint density at radius 2 is 2.15 bits per heavy atom. The third-order valence-corrected chi connectivity index (χ3v) is 3.01. The predicted molar refractivity (Wildman–Crippen MR) is 74.3 cm³/mol. The Balaban J connectivity index is 1.92. The molecule has 1 aromatic rings. The standard InChI is InChI=1S/C15H18N2O3/c1-2-3-9-17(15(19)13-10-14(18)16-13)20-11-12-7-5-4-6-8-12/h2-8,13H,9-11H2,1H3,(H,16,18)/b3-2+/t13-/m0/s1. The zero-order chi connectivity index (χ0) is 14.4. The van der Waals surface area contributed by atoms with E-state index >= 15 is 0 Å². The Morgan fingerprint density at radius 3 is 2.75 bits per heavy atom. The van der Waals surface area contributed by atoms with Crippen LogP contribution in [-0.2, 0) is 21.0 Å². The van der Waals surface area contributed by atoms with Gasteiger partial charge in [0.1, 0.15) is 12.6 Å². The highest BCUT2D eigenvalue weighted by atomic mass is 16.7. The number of hydroxylamine groups is 2. The number of β-lactam (4-membered cyclic amide) rings is 1. The van der Waals surface area contributed by atoms with Gasteiger partial charge >= 0.3 is 0 Å². The maximum Gasteiger partial charge on any atom is 0.269 e. The molecule has 1 heterocycles. The van der Waals surface area contributed by atoms with Gasteiger partial charge in [0.25, 0.3) is 5.91 Å². The molecular formula is C15H18N2O3. The van der Waals surface area contributed by atoms with Crippen molar-refractivity contribution in [1.29, 1.82) is 0 Å². The molecule has 0 spiro atoms. The highest BCUT2D eigenvalue weighted by Gasteiger charge is 2.35. The van der Waals surface area contributed by atoms with Gasteiger partial charge in [-0.15, -0.1) is 0 Å². The average molecular weight is 274 g/mol. The second-order valence-corrected chi connectivity index (χ2v) is 4.55. The van der Waals surface area contributed by atoms with Crippen molar-refractivity contribution in [2.75, 3.05) is 6.54 Å². The van der Waals surface area contributed by atoms with Crippen LogP contribution in [0.2, 0.25) is 0 Å². The van der Waals surface area contributed by atoms with Crippen LogP contribution in [0.5, 0.6) is 0 Å². The first-order chi connectivity index (χ1) is 9.70. The number of carbonyl (C=O) groups is 2. The molecule has 0 radical (unpaired) electrons. The summed E-state index contributed by atoms with van der Waals surface area (Å²) in [5, 5.41) is 3.87. The lowest BCUT2D eigenvalue weighted by Crippen LogP contribution is -2.57. The van der Waals surface area contributed by atoms with Crippen molar-refractivity contribution in [3.63, 3.8) is 0 Å². The van der Waals surface area contributed by atoms with E-state index in [1.807, 2.05) is 49.4 Å². The van der Waals surface area contributed by atoms with Gasteiger partial charge in [0.2, 0.25) is 5.91 Å². The van der Waals surface area contributed by atoms with E-state index in [2.05, 4.69) is 5.32 Å². The van der Waals surface area contributed by atoms with Crippen LogP contribution in [0.4, 0.5) is 0 Å².